The summed E-state index contributed by atoms with van der Waals surface area (Å²) in [6, 6.07) is 16.0. The highest BCUT2D eigenvalue weighted by Gasteiger charge is 2.19. The molecule has 2 rings (SSSR count). The Balaban J connectivity index is 2.03. The lowest BCUT2D eigenvalue weighted by atomic mass is 9.92. The van der Waals surface area contributed by atoms with E-state index < -0.39 is 0 Å². The van der Waals surface area contributed by atoms with Crippen LogP contribution in [0.2, 0.25) is 0 Å². The van der Waals surface area contributed by atoms with E-state index in [1.807, 2.05) is 24.3 Å². The van der Waals surface area contributed by atoms with Gasteiger partial charge in [-0.25, -0.2) is 0 Å². The van der Waals surface area contributed by atoms with Crippen LogP contribution in [-0.2, 0) is 16.0 Å². The molecule has 0 fully saturated rings. The third-order valence-corrected chi connectivity index (χ3v) is 5.10. The lowest BCUT2D eigenvalue weighted by Gasteiger charge is -2.24. The molecule has 4 heteroatoms. The van der Waals surface area contributed by atoms with E-state index in [1.165, 1.54) is 12.5 Å². The van der Waals surface area contributed by atoms with Crippen molar-refractivity contribution >= 4 is 17.5 Å². The summed E-state index contributed by atoms with van der Waals surface area (Å²) in [5, 5.41) is 5.91. The van der Waals surface area contributed by atoms with Crippen LogP contribution in [0, 0.1) is 5.92 Å². The SMILES string of the molecule is CC[C@@H](C)c1ccc([C@H](NC(=O)Cc2ccc(NC(C)=O)cc2)C(C)C)cc1. The molecule has 2 atom stereocenters. The molecule has 2 amide bonds. The van der Waals surface area contributed by atoms with Gasteiger partial charge in [-0.3, -0.25) is 9.59 Å². The first kappa shape index (κ1) is 21.7. The highest BCUT2D eigenvalue weighted by atomic mass is 16.2. The summed E-state index contributed by atoms with van der Waals surface area (Å²) < 4.78 is 0. The number of hydrogen-bond acceptors (Lipinski definition) is 2. The van der Waals surface area contributed by atoms with Crippen molar-refractivity contribution in [1.82, 2.24) is 5.32 Å². The van der Waals surface area contributed by atoms with E-state index in [-0.39, 0.29) is 17.9 Å². The van der Waals surface area contributed by atoms with E-state index in [0.717, 1.165) is 23.2 Å². The van der Waals surface area contributed by atoms with Gasteiger partial charge in [0, 0.05) is 12.6 Å². The van der Waals surface area contributed by atoms with Crippen LogP contribution in [-0.4, -0.2) is 11.8 Å². The molecule has 0 spiro atoms. The Morgan fingerprint density at radius 3 is 1.96 bits per heavy atom. The van der Waals surface area contributed by atoms with E-state index in [4.69, 9.17) is 0 Å². The minimum atomic E-state index is -0.107. The summed E-state index contributed by atoms with van der Waals surface area (Å²) in [4.78, 5) is 23.7. The average molecular weight is 381 g/mol. The maximum Gasteiger partial charge on any atom is 0.224 e. The van der Waals surface area contributed by atoms with Crippen molar-refractivity contribution in [3.63, 3.8) is 0 Å². The number of amides is 2. The van der Waals surface area contributed by atoms with Crippen LogP contribution in [0.25, 0.3) is 0 Å². The van der Waals surface area contributed by atoms with Crippen molar-refractivity contribution in [2.75, 3.05) is 5.32 Å². The van der Waals surface area contributed by atoms with Crippen molar-refractivity contribution in [2.24, 2.45) is 5.92 Å². The Hall–Kier alpha value is -2.62. The largest absolute Gasteiger partial charge is 0.349 e. The Morgan fingerprint density at radius 2 is 1.46 bits per heavy atom. The van der Waals surface area contributed by atoms with Gasteiger partial charge in [0.25, 0.3) is 0 Å². The van der Waals surface area contributed by atoms with Gasteiger partial charge in [0.05, 0.1) is 12.5 Å². The van der Waals surface area contributed by atoms with Crippen LogP contribution in [0.5, 0.6) is 0 Å². The molecule has 150 valence electrons. The number of carbonyl (C=O) groups excluding carboxylic acids is 2. The van der Waals surface area contributed by atoms with Crippen molar-refractivity contribution in [3.8, 4) is 0 Å². The van der Waals surface area contributed by atoms with Gasteiger partial charge in [-0.2, -0.15) is 0 Å². The monoisotopic (exact) mass is 380 g/mol. The van der Waals surface area contributed by atoms with Crippen LogP contribution in [0.15, 0.2) is 48.5 Å². The van der Waals surface area contributed by atoms with Crippen molar-refractivity contribution in [3.05, 3.63) is 65.2 Å². The lowest BCUT2D eigenvalue weighted by molar-refractivity contribution is -0.121. The highest BCUT2D eigenvalue weighted by Crippen LogP contribution is 2.25. The van der Waals surface area contributed by atoms with E-state index in [9.17, 15) is 9.59 Å². The minimum Gasteiger partial charge on any atom is -0.349 e. The van der Waals surface area contributed by atoms with Crippen LogP contribution in [0.3, 0.4) is 0 Å². The van der Waals surface area contributed by atoms with Gasteiger partial charge in [-0.15, -0.1) is 0 Å². The van der Waals surface area contributed by atoms with Crippen LogP contribution in [0.4, 0.5) is 5.69 Å². The summed E-state index contributed by atoms with van der Waals surface area (Å²) in [7, 11) is 0. The lowest BCUT2D eigenvalue weighted by Crippen LogP contribution is -2.32. The second-order valence-corrected chi connectivity index (χ2v) is 7.82. The average Bonchev–Trinajstić information content (AvgIpc) is 2.66. The number of anilines is 1. The summed E-state index contributed by atoms with van der Waals surface area (Å²) in [6.07, 6.45) is 1.43. The third kappa shape index (κ3) is 6.22. The molecule has 2 N–H and O–H groups in total. The second kappa shape index (κ2) is 10.1. The predicted molar refractivity (Wildman–Crippen MR) is 115 cm³/mol. The molecule has 0 bridgehead atoms. The van der Waals surface area contributed by atoms with Gasteiger partial charge in [0.2, 0.25) is 11.8 Å². The van der Waals surface area contributed by atoms with Gasteiger partial charge in [-0.05, 0) is 47.1 Å². The topological polar surface area (TPSA) is 58.2 Å². The Bertz CT molecular complexity index is 779. The number of benzene rings is 2. The van der Waals surface area contributed by atoms with E-state index in [2.05, 4.69) is 62.6 Å². The third-order valence-electron chi connectivity index (χ3n) is 5.10. The summed E-state index contributed by atoms with van der Waals surface area (Å²) in [5.41, 5.74) is 4.12. The van der Waals surface area contributed by atoms with Gasteiger partial charge in [-0.1, -0.05) is 64.1 Å². The first-order chi connectivity index (χ1) is 13.3. The molecule has 0 aliphatic carbocycles. The normalized spacial score (nSPS) is 13.1. The fourth-order valence-electron chi connectivity index (χ4n) is 3.22. The number of rotatable bonds is 8. The van der Waals surface area contributed by atoms with Gasteiger partial charge in [0.1, 0.15) is 0 Å². The first-order valence-corrected chi connectivity index (χ1v) is 10.1. The molecule has 2 aromatic carbocycles. The molecule has 0 aliphatic heterocycles. The molecular weight excluding hydrogens is 348 g/mol. The highest BCUT2D eigenvalue weighted by molar-refractivity contribution is 5.88. The van der Waals surface area contributed by atoms with E-state index in [0.29, 0.717) is 18.3 Å². The molecule has 0 unspecified atom stereocenters. The summed E-state index contributed by atoms with van der Waals surface area (Å²) in [5.74, 6) is 0.726. The molecular formula is C24H32N2O2. The molecule has 4 nitrogen and oxygen atoms in total. The van der Waals surface area contributed by atoms with E-state index >= 15 is 0 Å². The molecule has 0 saturated carbocycles. The van der Waals surface area contributed by atoms with Gasteiger partial charge in [0.15, 0.2) is 0 Å². The zero-order chi connectivity index (χ0) is 20.7. The van der Waals surface area contributed by atoms with Crippen LogP contribution < -0.4 is 10.6 Å². The van der Waals surface area contributed by atoms with E-state index in [1.54, 1.807) is 0 Å². The fraction of sp³-hybridized carbons (Fsp3) is 0.417. The Kier molecular flexibility index (Phi) is 7.80. The van der Waals surface area contributed by atoms with Crippen LogP contribution >= 0.6 is 0 Å². The number of hydrogen-bond donors (Lipinski definition) is 2. The molecule has 0 radical (unpaired) electrons. The summed E-state index contributed by atoms with van der Waals surface area (Å²) >= 11 is 0. The Labute approximate surface area is 168 Å². The maximum atomic E-state index is 12.6. The standard InChI is InChI=1S/C24H32N2O2/c1-6-17(4)20-9-11-21(12-10-20)24(16(2)3)26-23(28)15-19-7-13-22(14-8-19)25-18(5)27/h7-14,16-17,24H,6,15H2,1-5H3,(H,25,27)(H,26,28)/t17-,24-/m1/s1. The fourth-order valence-corrected chi connectivity index (χ4v) is 3.22. The number of nitrogens with one attached hydrogen (secondary N) is 2. The zero-order valence-electron chi connectivity index (χ0n) is 17.6. The molecule has 0 aromatic heterocycles. The van der Waals surface area contributed by atoms with Gasteiger partial charge >= 0.3 is 0 Å². The quantitative estimate of drug-likeness (QED) is 0.660. The molecule has 0 aliphatic rings. The number of carbonyl (C=O) groups is 2. The summed E-state index contributed by atoms with van der Waals surface area (Å²) in [6.45, 7) is 10.1. The van der Waals surface area contributed by atoms with Gasteiger partial charge < -0.3 is 10.6 Å². The molecule has 2 aromatic rings. The smallest absolute Gasteiger partial charge is 0.224 e. The van der Waals surface area contributed by atoms with Crippen LogP contribution in [0.1, 0.15) is 69.7 Å². The van der Waals surface area contributed by atoms with Crippen molar-refractivity contribution < 1.29 is 9.59 Å². The maximum absolute atomic E-state index is 12.6. The van der Waals surface area contributed by atoms with Crippen molar-refractivity contribution in [1.29, 1.82) is 0 Å². The molecule has 28 heavy (non-hydrogen) atoms. The Morgan fingerprint density at radius 1 is 0.893 bits per heavy atom. The second-order valence-electron chi connectivity index (χ2n) is 7.82. The zero-order valence-corrected chi connectivity index (χ0v) is 17.6. The van der Waals surface area contributed by atoms with Crippen molar-refractivity contribution in [2.45, 2.75) is 59.4 Å². The predicted octanol–water partition coefficient (Wildman–Crippen LogP) is 5.21. The minimum absolute atomic E-state index is 0.00280. The molecule has 0 saturated heterocycles. The first-order valence-electron chi connectivity index (χ1n) is 10.1. The molecule has 0 heterocycles.